The first-order chi connectivity index (χ1) is 7.82. The molecule has 0 aliphatic carbocycles. The summed E-state index contributed by atoms with van der Waals surface area (Å²) in [7, 11) is 0. The van der Waals surface area contributed by atoms with Crippen molar-refractivity contribution in [2.45, 2.75) is 12.3 Å². The first-order valence-electron chi connectivity index (χ1n) is 4.59. The smallest absolute Gasteiger partial charge is 0.417 e. The Labute approximate surface area is 94.8 Å². The van der Waals surface area contributed by atoms with Crippen LogP contribution in [0.15, 0.2) is 24.3 Å². The van der Waals surface area contributed by atoms with Crippen LogP contribution in [0.1, 0.15) is 10.4 Å². The van der Waals surface area contributed by atoms with Gasteiger partial charge >= 0.3 is 6.18 Å². The lowest BCUT2D eigenvalue weighted by atomic mass is 10.2. The van der Waals surface area contributed by atoms with Crippen LogP contribution in [0.4, 0.5) is 13.2 Å². The quantitative estimate of drug-likeness (QED) is 0.838. The number of carbonyl (C=O) groups excluding carboxylic acids is 1. The lowest BCUT2D eigenvalue weighted by Crippen LogP contribution is -2.34. The molecule has 17 heavy (non-hydrogen) atoms. The summed E-state index contributed by atoms with van der Waals surface area (Å²) < 4.78 is 40.7. The molecule has 1 atom stereocenters. The predicted molar refractivity (Wildman–Crippen MR) is 52.5 cm³/mol. The number of carbonyl (C=O) groups is 1. The van der Waals surface area contributed by atoms with Crippen molar-refractivity contribution in [2.75, 3.05) is 6.61 Å². The molecule has 0 spiro atoms. The third-order valence-corrected chi connectivity index (χ3v) is 1.93. The van der Waals surface area contributed by atoms with E-state index in [1.807, 2.05) is 0 Å². The zero-order chi connectivity index (χ0) is 13.1. The second-order valence-electron chi connectivity index (χ2n) is 3.23. The summed E-state index contributed by atoms with van der Waals surface area (Å²) in [6.45, 7) is -0.992. The van der Waals surface area contributed by atoms with E-state index in [4.69, 9.17) is 15.6 Å². The number of hydrogen-bond acceptors (Lipinski definition) is 3. The summed E-state index contributed by atoms with van der Waals surface area (Å²) in [6, 6.07) is 5.58. The number of para-hydroxylation sites is 1. The number of ether oxygens (including phenoxy) is 1. The average Bonchev–Trinajstić information content (AvgIpc) is 2.24. The van der Waals surface area contributed by atoms with E-state index in [9.17, 15) is 18.0 Å². The fourth-order valence-electron chi connectivity index (χ4n) is 1.06. The zero-order valence-corrected chi connectivity index (χ0v) is 8.57. The summed E-state index contributed by atoms with van der Waals surface area (Å²) in [5.41, 5.74) is 4.96. The highest BCUT2D eigenvalue weighted by Crippen LogP contribution is 2.22. The van der Waals surface area contributed by atoms with E-state index >= 15 is 0 Å². The predicted octanol–water partition coefficient (Wildman–Crippen LogP) is 1.09. The van der Waals surface area contributed by atoms with Gasteiger partial charge in [-0.1, -0.05) is 12.1 Å². The van der Waals surface area contributed by atoms with E-state index < -0.39 is 24.8 Å². The lowest BCUT2D eigenvalue weighted by Gasteiger charge is -2.16. The van der Waals surface area contributed by atoms with Gasteiger partial charge in [0.1, 0.15) is 12.4 Å². The van der Waals surface area contributed by atoms with E-state index in [0.29, 0.717) is 0 Å². The van der Waals surface area contributed by atoms with Crippen LogP contribution in [-0.4, -0.2) is 29.9 Å². The topological polar surface area (TPSA) is 72.6 Å². The van der Waals surface area contributed by atoms with Gasteiger partial charge in [-0.05, 0) is 12.1 Å². The van der Waals surface area contributed by atoms with Crippen LogP contribution in [0.3, 0.4) is 0 Å². The number of amides is 1. The molecule has 0 aliphatic heterocycles. The van der Waals surface area contributed by atoms with Crippen molar-refractivity contribution < 1.29 is 27.8 Å². The average molecular weight is 249 g/mol. The summed E-state index contributed by atoms with van der Waals surface area (Å²) in [5.74, 6) is -0.912. The molecule has 1 unspecified atom stereocenters. The standard InChI is InChI=1S/C10H10F3NO3/c11-10(12,13)8(15)5-17-7-4-2-1-3-6(7)9(14)16/h1-4,8,15H,5H2,(H2,14,16). The molecule has 0 saturated heterocycles. The third kappa shape index (κ3) is 3.63. The second-order valence-corrected chi connectivity index (χ2v) is 3.23. The van der Waals surface area contributed by atoms with E-state index in [1.165, 1.54) is 24.3 Å². The van der Waals surface area contributed by atoms with Crippen LogP contribution in [0, 0.1) is 0 Å². The minimum absolute atomic E-state index is 0.0399. The van der Waals surface area contributed by atoms with E-state index in [0.717, 1.165) is 0 Å². The molecule has 94 valence electrons. The Morgan fingerprint density at radius 3 is 2.53 bits per heavy atom. The highest BCUT2D eigenvalue weighted by atomic mass is 19.4. The Balaban J connectivity index is 2.73. The molecule has 0 heterocycles. The van der Waals surface area contributed by atoms with Gasteiger partial charge in [-0.25, -0.2) is 0 Å². The Hall–Kier alpha value is -1.76. The molecule has 0 bridgehead atoms. The molecule has 4 nitrogen and oxygen atoms in total. The first-order valence-corrected chi connectivity index (χ1v) is 4.59. The Bertz CT molecular complexity index is 406. The SMILES string of the molecule is NC(=O)c1ccccc1OCC(O)C(F)(F)F. The van der Waals surface area contributed by atoms with Crippen molar-refractivity contribution >= 4 is 5.91 Å². The molecule has 3 N–H and O–H groups in total. The lowest BCUT2D eigenvalue weighted by molar-refractivity contribution is -0.210. The Kier molecular flexibility index (Phi) is 3.95. The van der Waals surface area contributed by atoms with Gasteiger partial charge in [0.05, 0.1) is 5.56 Å². The number of halogens is 3. The molecule has 1 rings (SSSR count). The molecule has 0 fully saturated rings. The molecule has 1 aromatic carbocycles. The number of rotatable bonds is 4. The van der Waals surface area contributed by atoms with Gasteiger partial charge in [-0.15, -0.1) is 0 Å². The second kappa shape index (κ2) is 5.05. The highest BCUT2D eigenvalue weighted by Gasteiger charge is 2.38. The van der Waals surface area contributed by atoms with Crippen molar-refractivity contribution in [3.63, 3.8) is 0 Å². The van der Waals surface area contributed by atoms with E-state index in [-0.39, 0.29) is 11.3 Å². The number of alkyl halides is 3. The van der Waals surface area contributed by atoms with Crippen LogP contribution in [0.5, 0.6) is 5.75 Å². The molecular formula is C10H10F3NO3. The van der Waals surface area contributed by atoms with Gasteiger partial charge in [0.25, 0.3) is 5.91 Å². The molecule has 1 amide bonds. The zero-order valence-electron chi connectivity index (χ0n) is 8.57. The normalized spacial score (nSPS) is 13.2. The van der Waals surface area contributed by atoms with Gasteiger partial charge in [0.15, 0.2) is 6.10 Å². The maximum Gasteiger partial charge on any atom is 0.417 e. The van der Waals surface area contributed by atoms with Gasteiger partial charge in [-0.2, -0.15) is 13.2 Å². The summed E-state index contributed by atoms with van der Waals surface area (Å²) in [5, 5.41) is 8.71. The van der Waals surface area contributed by atoms with Crippen LogP contribution in [0.25, 0.3) is 0 Å². The summed E-state index contributed by atoms with van der Waals surface area (Å²) >= 11 is 0. The van der Waals surface area contributed by atoms with E-state index in [2.05, 4.69) is 0 Å². The molecular weight excluding hydrogens is 239 g/mol. The molecule has 0 aliphatic rings. The number of aliphatic hydroxyl groups is 1. The maximum absolute atomic E-state index is 12.0. The number of hydrogen-bond donors (Lipinski definition) is 2. The minimum atomic E-state index is -4.76. The maximum atomic E-state index is 12.0. The van der Waals surface area contributed by atoms with Crippen molar-refractivity contribution in [3.05, 3.63) is 29.8 Å². The Morgan fingerprint density at radius 2 is 2.00 bits per heavy atom. The van der Waals surface area contributed by atoms with Crippen molar-refractivity contribution in [2.24, 2.45) is 5.73 Å². The molecule has 0 radical (unpaired) electrons. The van der Waals surface area contributed by atoms with E-state index in [1.54, 1.807) is 0 Å². The van der Waals surface area contributed by atoms with Crippen LogP contribution >= 0.6 is 0 Å². The Morgan fingerprint density at radius 1 is 1.41 bits per heavy atom. The van der Waals surface area contributed by atoms with Gasteiger partial charge < -0.3 is 15.6 Å². The van der Waals surface area contributed by atoms with Gasteiger partial charge in [0, 0.05) is 0 Å². The van der Waals surface area contributed by atoms with Crippen LogP contribution in [-0.2, 0) is 0 Å². The highest BCUT2D eigenvalue weighted by molar-refractivity contribution is 5.95. The van der Waals surface area contributed by atoms with Crippen molar-refractivity contribution in [1.29, 1.82) is 0 Å². The number of benzene rings is 1. The summed E-state index contributed by atoms with van der Waals surface area (Å²) in [4.78, 5) is 10.9. The number of primary amides is 1. The van der Waals surface area contributed by atoms with Crippen LogP contribution < -0.4 is 10.5 Å². The third-order valence-electron chi connectivity index (χ3n) is 1.93. The van der Waals surface area contributed by atoms with Crippen molar-refractivity contribution in [1.82, 2.24) is 0 Å². The fourth-order valence-corrected chi connectivity index (χ4v) is 1.06. The van der Waals surface area contributed by atoms with Gasteiger partial charge in [0.2, 0.25) is 0 Å². The number of aliphatic hydroxyl groups excluding tert-OH is 1. The van der Waals surface area contributed by atoms with Crippen molar-refractivity contribution in [3.8, 4) is 5.75 Å². The minimum Gasteiger partial charge on any atom is -0.490 e. The fraction of sp³-hybridized carbons (Fsp3) is 0.300. The van der Waals surface area contributed by atoms with Gasteiger partial charge in [-0.3, -0.25) is 4.79 Å². The largest absolute Gasteiger partial charge is 0.490 e. The molecule has 1 aromatic rings. The summed E-state index contributed by atoms with van der Waals surface area (Å²) in [6.07, 6.45) is -7.37. The van der Waals surface area contributed by atoms with Crippen LogP contribution in [0.2, 0.25) is 0 Å². The monoisotopic (exact) mass is 249 g/mol. The first kappa shape index (κ1) is 13.3. The number of nitrogens with two attached hydrogens (primary N) is 1. The molecule has 0 aromatic heterocycles. The molecule has 0 saturated carbocycles. The molecule has 7 heteroatoms.